The molecule has 0 aliphatic carbocycles. The number of ether oxygens (including phenoxy) is 2. The number of hydrogen-bond acceptors (Lipinski definition) is 6. The van der Waals surface area contributed by atoms with E-state index < -0.39 is 10.0 Å². The van der Waals surface area contributed by atoms with Gasteiger partial charge in [0.15, 0.2) is 0 Å². The van der Waals surface area contributed by atoms with Gasteiger partial charge in [0.25, 0.3) is 0 Å². The molecule has 0 saturated carbocycles. The minimum absolute atomic E-state index is 0.140. The molecule has 2 N–H and O–H groups in total. The molecule has 0 spiro atoms. The quantitative estimate of drug-likeness (QED) is 0.578. The molecule has 0 saturated heterocycles. The summed E-state index contributed by atoms with van der Waals surface area (Å²) >= 11 is 0. The Labute approximate surface area is 119 Å². The normalized spacial score (nSPS) is 13.6. The maximum Gasteiger partial charge on any atom is 0.243 e. The zero-order chi connectivity index (χ0) is 15.0. The molecule has 20 heavy (non-hydrogen) atoms. The lowest BCUT2D eigenvalue weighted by atomic mass is 10.4. The van der Waals surface area contributed by atoms with Crippen molar-refractivity contribution in [3.05, 3.63) is 12.4 Å². The highest BCUT2D eigenvalue weighted by Gasteiger charge is 2.18. The first-order chi connectivity index (χ1) is 9.53. The van der Waals surface area contributed by atoms with E-state index in [4.69, 9.17) is 9.47 Å². The molecule has 1 aromatic heterocycles. The van der Waals surface area contributed by atoms with Crippen LogP contribution >= 0.6 is 0 Å². The molecule has 0 amide bonds. The predicted octanol–water partition coefficient (Wildman–Crippen LogP) is -0.958. The summed E-state index contributed by atoms with van der Waals surface area (Å²) in [6.45, 7) is 1.79. The lowest BCUT2D eigenvalue weighted by molar-refractivity contribution is 0.0320. The van der Waals surface area contributed by atoms with Crippen molar-refractivity contribution in [1.82, 2.24) is 19.8 Å². The summed E-state index contributed by atoms with van der Waals surface area (Å²) in [4.78, 5) is 0.140. The molecular formula is C11H22N4O4S. The molecule has 0 fully saturated rings. The standard InChI is InChI=1S/C11H22N4O4S/c1-12-4-5-15-8-11(7-13-15)20(16,17)14-6-10(19-3)9-18-2/h7-8,10,12,14H,4-6,9H2,1-3H3. The number of nitrogens with zero attached hydrogens (tertiary/aromatic N) is 2. The van der Waals surface area contributed by atoms with Gasteiger partial charge in [-0.1, -0.05) is 0 Å². The van der Waals surface area contributed by atoms with E-state index in [-0.39, 0.29) is 17.5 Å². The average Bonchev–Trinajstić information content (AvgIpc) is 2.90. The number of sulfonamides is 1. The molecule has 8 nitrogen and oxygen atoms in total. The van der Waals surface area contributed by atoms with Crippen LogP contribution in [0.3, 0.4) is 0 Å². The first kappa shape index (κ1) is 17.1. The molecule has 116 valence electrons. The van der Waals surface area contributed by atoms with Crippen LogP contribution in [-0.4, -0.2) is 65.3 Å². The fraction of sp³-hybridized carbons (Fsp3) is 0.727. The highest BCUT2D eigenvalue weighted by Crippen LogP contribution is 2.07. The Morgan fingerprint density at radius 2 is 2.20 bits per heavy atom. The van der Waals surface area contributed by atoms with E-state index in [9.17, 15) is 8.42 Å². The van der Waals surface area contributed by atoms with Crippen LogP contribution in [0.15, 0.2) is 17.3 Å². The summed E-state index contributed by atoms with van der Waals surface area (Å²) in [5.41, 5.74) is 0. The number of hydrogen-bond donors (Lipinski definition) is 2. The van der Waals surface area contributed by atoms with Crippen molar-refractivity contribution in [3.63, 3.8) is 0 Å². The Morgan fingerprint density at radius 3 is 2.80 bits per heavy atom. The van der Waals surface area contributed by atoms with Gasteiger partial charge in [-0.15, -0.1) is 0 Å². The van der Waals surface area contributed by atoms with Crippen LogP contribution in [0.1, 0.15) is 0 Å². The first-order valence-electron chi connectivity index (χ1n) is 6.22. The molecule has 1 unspecified atom stereocenters. The van der Waals surface area contributed by atoms with E-state index in [2.05, 4.69) is 15.1 Å². The molecule has 0 aliphatic heterocycles. The van der Waals surface area contributed by atoms with E-state index in [0.717, 1.165) is 0 Å². The third-order valence-corrected chi connectivity index (χ3v) is 4.08. The zero-order valence-corrected chi connectivity index (χ0v) is 12.8. The lowest BCUT2D eigenvalue weighted by Crippen LogP contribution is -2.35. The topological polar surface area (TPSA) is 94.5 Å². The number of methoxy groups -OCH3 is 2. The van der Waals surface area contributed by atoms with Crippen molar-refractivity contribution < 1.29 is 17.9 Å². The van der Waals surface area contributed by atoms with Crippen molar-refractivity contribution in [2.45, 2.75) is 17.5 Å². The summed E-state index contributed by atoms with van der Waals surface area (Å²) in [6.07, 6.45) is 2.50. The van der Waals surface area contributed by atoms with E-state index in [0.29, 0.717) is 19.7 Å². The summed E-state index contributed by atoms with van der Waals surface area (Å²) < 4.78 is 38.2. The van der Waals surface area contributed by atoms with Crippen molar-refractivity contribution in [1.29, 1.82) is 0 Å². The molecule has 1 aromatic rings. The number of nitrogens with one attached hydrogen (secondary N) is 2. The van der Waals surface area contributed by atoms with Crippen LogP contribution in [0.5, 0.6) is 0 Å². The predicted molar refractivity (Wildman–Crippen MR) is 74.0 cm³/mol. The Bertz CT molecular complexity index is 488. The van der Waals surface area contributed by atoms with E-state index in [1.165, 1.54) is 26.6 Å². The lowest BCUT2D eigenvalue weighted by Gasteiger charge is -2.14. The van der Waals surface area contributed by atoms with Crippen molar-refractivity contribution in [2.75, 3.05) is 41.0 Å². The number of rotatable bonds is 10. The van der Waals surface area contributed by atoms with Gasteiger partial charge < -0.3 is 14.8 Å². The fourth-order valence-corrected chi connectivity index (χ4v) is 2.53. The van der Waals surface area contributed by atoms with Crippen molar-refractivity contribution >= 4 is 10.0 Å². The van der Waals surface area contributed by atoms with Crippen molar-refractivity contribution in [3.8, 4) is 0 Å². The van der Waals surface area contributed by atoms with Crippen molar-refractivity contribution in [2.24, 2.45) is 0 Å². The van der Waals surface area contributed by atoms with Crippen LogP contribution in [0.4, 0.5) is 0 Å². The minimum Gasteiger partial charge on any atom is -0.382 e. The summed E-state index contributed by atoms with van der Waals surface area (Å²) in [5.74, 6) is 0. The smallest absolute Gasteiger partial charge is 0.243 e. The summed E-state index contributed by atoms with van der Waals surface area (Å²) in [5, 5.41) is 6.97. The monoisotopic (exact) mass is 306 g/mol. The van der Waals surface area contributed by atoms with Gasteiger partial charge in [-0.3, -0.25) is 4.68 Å². The van der Waals surface area contributed by atoms with Crippen LogP contribution in [0, 0.1) is 0 Å². The first-order valence-corrected chi connectivity index (χ1v) is 7.70. The van der Waals surface area contributed by atoms with Crippen LogP contribution in [-0.2, 0) is 26.0 Å². The third kappa shape index (κ3) is 5.17. The summed E-state index contributed by atoms with van der Waals surface area (Å²) in [7, 11) is 1.29. The molecule has 1 rings (SSSR count). The van der Waals surface area contributed by atoms with Gasteiger partial charge in [-0.2, -0.15) is 5.10 Å². The van der Waals surface area contributed by atoms with Gasteiger partial charge in [0.1, 0.15) is 4.90 Å². The average molecular weight is 306 g/mol. The molecule has 0 bridgehead atoms. The number of likely N-dealkylation sites (N-methyl/N-ethyl adjacent to an activating group) is 1. The Morgan fingerprint density at radius 1 is 1.45 bits per heavy atom. The molecule has 0 radical (unpaired) electrons. The molecule has 9 heteroatoms. The van der Waals surface area contributed by atoms with Gasteiger partial charge in [-0.05, 0) is 7.05 Å². The van der Waals surface area contributed by atoms with Gasteiger partial charge in [0.2, 0.25) is 10.0 Å². The second-order valence-electron chi connectivity index (χ2n) is 4.21. The highest BCUT2D eigenvalue weighted by atomic mass is 32.2. The Hall–Kier alpha value is -1.00. The molecule has 1 atom stereocenters. The van der Waals surface area contributed by atoms with Crippen LogP contribution in [0.2, 0.25) is 0 Å². The van der Waals surface area contributed by atoms with Gasteiger partial charge in [0.05, 0.1) is 25.5 Å². The van der Waals surface area contributed by atoms with E-state index in [1.807, 2.05) is 7.05 Å². The Balaban J connectivity index is 2.61. The second-order valence-corrected chi connectivity index (χ2v) is 5.97. The van der Waals surface area contributed by atoms with Gasteiger partial charge in [-0.25, -0.2) is 13.1 Å². The zero-order valence-electron chi connectivity index (χ0n) is 12.0. The molecular weight excluding hydrogens is 284 g/mol. The van der Waals surface area contributed by atoms with E-state index in [1.54, 1.807) is 4.68 Å². The number of aromatic nitrogens is 2. The SMILES string of the molecule is CNCCn1cc(S(=O)(=O)NCC(COC)OC)cn1. The molecule has 0 aromatic carbocycles. The van der Waals surface area contributed by atoms with Gasteiger partial charge in [0, 0.05) is 33.5 Å². The maximum absolute atomic E-state index is 12.1. The summed E-state index contributed by atoms with van der Waals surface area (Å²) in [6, 6.07) is 0. The fourth-order valence-electron chi connectivity index (χ4n) is 1.51. The van der Waals surface area contributed by atoms with E-state index >= 15 is 0 Å². The highest BCUT2D eigenvalue weighted by molar-refractivity contribution is 7.89. The third-order valence-electron chi connectivity index (χ3n) is 2.70. The minimum atomic E-state index is -3.58. The molecule has 1 heterocycles. The molecule has 0 aliphatic rings. The maximum atomic E-state index is 12.1. The largest absolute Gasteiger partial charge is 0.382 e. The Kier molecular flexibility index (Phi) is 7.10. The van der Waals surface area contributed by atoms with Crippen LogP contribution in [0.25, 0.3) is 0 Å². The van der Waals surface area contributed by atoms with Crippen LogP contribution < -0.4 is 10.0 Å². The second kappa shape index (κ2) is 8.32. The van der Waals surface area contributed by atoms with Gasteiger partial charge >= 0.3 is 0 Å².